The Morgan fingerprint density at radius 1 is 1.06 bits per heavy atom. The van der Waals surface area contributed by atoms with Crippen LogP contribution in [-0.4, -0.2) is 19.6 Å². The topological polar surface area (TPSA) is 46.0 Å². The van der Waals surface area contributed by atoms with E-state index < -0.39 is 0 Å². The van der Waals surface area contributed by atoms with Crippen LogP contribution in [0.1, 0.15) is 40.3 Å². The number of rotatable bonds is 4. The van der Waals surface area contributed by atoms with E-state index in [-0.39, 0.29) is 17.9 Å². The van der Waals surface area contributed by atoms with Gasteiger partial charge in [0.05, 0.1) is 17.8 Å². The Bertz CT molecular complexity index is 1280. The van der Waals surface area contributed by atoms with Gasteiger partial charge in [-0.1, -0.05) is 6.07 Å². The zero-order chi connectivity index (χ0) is 22.4. The maximum atomic E-state index is 14.0. The number of nitrogens with one attached hydrogen (secondary N) is 1. The van der Waals surface area contributed by atoms with Crippen LogP contribution in [0.3, 0.4) is 0 Å². The molecule has 2 atom stereocenters. The normalized spacial score (nSPS) is 18.2. The van der Waals surface area contributed by atoms with Crippen LogP contribution < -0.4 is 10.2 Å². The molecule has 0 amide bonds. The quantitative estimate of drug-likeness (QED) is 0.401. The third-order valence-corrected chi connectivity index (χ3v) is 6.99. The van der Waals surface area contributed by atoms with Crippen LogP contribution in [-0.2, 0) is 0 Å². The van der Waals surface area contributed by atoms with Gasteiger partial charge in [0.25, 0.3) is 0 Å². The molecule has 0 unspecified atom stereocenters. The number of aromatic nitrogens is 3. The number of aryl methyl sites for hydroxylation is 2. The van der Waals surface area contributed by atoms with E-state index in [1.807, 2.05) is 35.8 Å². The summed E-state index contributed by atoms with van der Waals surface area (Å²) in [6.07, 6.45) is 3.61. The molecule has 0 bridgehead atoms. The lowest BCUT2D eigenvalue weighted by Gasteiger charge is -2.28. The summed E-state index contributed by atoms with van der Waals surface area (Å²) in [5.41, 5.74) is 5.66. The van der Waals surface area contributed by atoms with E-state index in [0.717, 1.165) is 33.5 Å². The highest BCUT2D eigenvalue weighted by molar-refractivity contribution is 7.80. The van der Waals surface area contributed by atoms with Crippen LogP contribution in [0.15, 0.2) is 60.2 Å². The van der Waals surface area contributed by atoms with Crippen molar-refractivity contribution in [2.45, 2.75) is 32.9 Å². The molecule has 5 nitrogen and oxygen atoms in total. The Hall–Kier alpha value is -3.10. The van der Waals surface area contributed by atoms with Gasteiger partial charge in [0, 0.05) is 34.8 Å². The Labute approximate surface area is 195 Å². The Balaban J connectivity index is 1.69. The van der Waals surface area contributed by atoms with Crippen molar-refractivity contribution in [3.63, 3.8) is 0 Å². The zero-order valence-corrected chi connectivity index (χ0v) is 19.5. The fraction of sp³-hybridized carbons (Fsp3) is 0.208. The summed E-state index contributed by atoms with van der Waals surface area (Å²) in [6.45, 7) is 5.96. The van der Waals surface area contributed by atoms with Crippen molar-refractivity contribution in [2.24, 2.45) is 0 Å². The van der Waals surface area contributed by atoms with Gasteiger partial charge in [0.1, 0.15) is 5.82 Å². The summed E-state index contributed by atoms with van der Waals surface area (Å²) in [5.74, 6) is -0.230. The smallest absolute Gasteiger partial charge is 0.193 e. The second-order valence-electron chi connectivity index (χ2n) is 7.91. The predicted molar refractivity (Wildman–Crippen MR) is 130 cm³/mol. The lowest BCUT2D eigenvalue weighted by atomic mass is 9.96. The number of hydrogen-bond acceptors (Lipinski definition) is 4. The van der Waals surface area contributed by atoms with Crippen LogP contribution >= 0.6 is 23.6 Å². The molecule has 32 heavy (non-hydrogen) atoms. The van der Waals surface area contributed by atoms with Crippen molar-refractivity contribution < 1.29 is 4.39 Å². The van der Waals surface area contributed by atoms with E-state index in [0.29, 0.717) is 10.7 Å². The summed E-state index contributed by atoms with van der Waals surface area (Å²) in [5, 5.41) is 6.97. The minimum absolute atomic E-state index is 0.151. The molecule has 4 heterocycles. The molecule has 162 valence electrons. The number of thiazole rings is 1. The summed E-state index contributed by atoms with van der Waals surface area (Å²) in [6, 6.07) is 12.9. The number of nitrogens with zero attached hydrogens (tertiary/aromatic N) is 4. The molecule has 4 aromatic rings. The van der Waals surface area contributed by atoms with Gasteiger partial charge in [0.15, 0.2) is 10.2 Å². The highest BCUT2D eigenvalue weighted by Crippen LogP contribution is 2.44. The van der Waals surface area contributed by atoms with Crippen molar-refractivity contribution in [1.82, 2.24) is 19.9 Å². The van der Waals surface area contributed by atoms with Crippen LogP contribution in [0.5, 0.6) is 0 Å². The maximum Gasteiger partial charge on any atom is 0.193 e. The second kappa shape index (κ2) is 8.11. The van der Waals surface area contributed by atoms with Gasteiger partial charge >= 0.3 is 0 Å². The van der Waals surface area contributed by atoms with E-state index in [9.17, 15) is 4.39 Å². The van der Waals surface area contributed by atoms with Gasteiger partial charge in [-0.25, -0.2) is 9.37 Å². The molecule has 1 aliphatic heterocycles. The van der Waals surface area contributed by atoms with Crippen LogP contribution in [0.2, 0.25) is 0 Å². The van der Waals surface area contributed by atoms with Gasteiger partial charge in [-0.3, -0.25) is 9.55 Å². The summed E-state index contributed by atoms with van der Waals surface area (Å²) >= 11 is 7.39. The first kappa shape index (κ1) is 20.8. The van der Waals surface area contributed by atoms with Crippen molar-refractivity contribution in [2.75, 3.05) is 4.90 Å². The molecule has 1 aliphatic rings. The molecular weight excluding hydrogens is 441 g/mol. The standard InChI is InChI=1S/C24H22FN5S2/c1-14-12-17(7-8-19(14)25)30-22(21(28-23(30)31)20-6-4-5-9-26-20)18-13-15(2)29(16(18)3)24-27-10-11-32-24/h4-13,21-22H,1-3H3,(H,28,31)/t21-,22-/m0/s1. The Kier molecular flexibility index (Phi) is 5.27. The van der Waals surface area contributed by atoms with E-state index >= 15 is 0 Å². The van der Waals surface area contributed by atoms with Crippen molar-refractivity contribution in [3.8, 4) is 5.13 Å². The predicted octanol–water partition coefficient (Wildman–Crippen LogP) is 5.57. The van der Waals surface area contributed by atoms with E-state index in [1.165, 1.54) is 6.07 Å². The molecule has 8 heteroatoms. The van der Waals surface area contributed by atoms with Crippen molar-refractivity contribution in [3.05, 3.63) is 94.3 Å². The molecule has 1 aromatic carbocycles. The highest BCUT2D eigenvalue weighted by Gasteiger charge is 2.42. The molecule has 1 N–H and O–H groups in total. The lowest BCUT2D eigenvalue weighted by molar-refractivity contribution is 0.564. The highest BCUT2D eigenvalue weighted by atomic mass is 32.1. The Morgan fingerprint density at radius 2 is 1.91 bits per heavy atom. The number of anilines is 1. The molecule has 0 saturated carbocycles. The van der Waals surface area contributed by atoms with E-state index in [2.05, 4.69) is 44.7 Å². The molecular formula is C24H22FN5S2. The van der Waals surface area contributed by atoms with Crippen LogP contribution in [0.25, 0.3) is 5.13 Å². The number of pyridine rings is 1. The Morgan fingerprint density at radius 3 is 2.59 bits per heavy atom. The molecule has 1 fully saturated rings. The van der Waals surface area contributed by atoms with Crippen LogP contribution in [0, 0.1) is 26.6 Å². The average molecular weight is 464 g/mol. The van der Waals surface area contributed by atoms with Crippen LogP contribution in [0.4, 0.5) is 10.1 Å². The first-order valence-corrected chi connectivity index (χ1v) is 11.6. The molecule has 5 rings (SSSR count). The third-order valence-electron chi connectivity index (χ3n) is 5.92. The molecule has 1 saturated heterocycles. The number of hydrogen-bond donors (Lipinski definition) is 1. The molecule has 0 radical (unpaired) electrons. The average Bonchev–Trinajstić information content (AvgIpc) is 3.49. The molecule has 0 spiro atoms. The first-order valence-electron chi connectivity index (χ1n) is 10.3. The maximum absolute atomic E-state index is 14.0. The summed E-state index contributed by atoms with van der Waals surface area (Å²) < 4.78 is 16.2. The largest absolute Gasteiger partial charge is 0.351 e. The first-order chi connectivity index (χ1) is 15.5. The number of benzene rings is 1. The fourth-order valence-corrected chi connectivity index (χ4v) is 5.53. The number of thiocarbonyl (C=S) groups is 1. The van der Waals surface area contributed by atoms with Gasteiger partial charge in [-0.05, 0) is 80.5 Å². The van der Waals surface area contributed by atoms with Gasteiger partial charge < -0.3 is 10.2 Å². The third kappa shape index (κ3) is 3.40. The lowest BCUT2D eigenvalue weighted by Crippen LogP contribution is -2.29. The zero-order valence-electron chi connectivity index (χ0n) is 17.9. The van der Waals surface area contributed by atoms with Gasteiger partial charge in [0.2, 0.25) is 0 Å². The monoisotopic (exact) mass is 463 g/mol. The van der Waals surface area contributed by atoms with Crippen molar-refractivity contribution in [1.29, 1.82) is 0 Å². The minimum atomic E-state index is -0.230. The van der Waals surface area contributed by atoms with Crippen molar-refractivity contribution >= 4 is 34.4 Å². The van der Waals surface area contributed by atoms with Gasteiger partial charge in [-0.2, -0.15) is 0 Å². The minimum Gasteiger partial charge on any atom is -0.351 e. The molecule has 0 aliphatic carbocycles. The SMILES string of the molecule is Cc1cc(N2C(=S)N[C@@H](c3ccccn3)[C@@H]2c2cc(C)n(-c3nccs3)c2C)ccc1F. The second-order valence-corrected chi connectivity index (χ2v) is 9.17. The van der Waals surface area contributed by atoms with Gasteiger partial charge in [-0.15, -0.1) is 11.3 Å². The van der Waals surface area contributed by atoms with E-state index in [1.54, 1.807) is 30.5 Å². The number of halogens is 1. The summed E-state index contributed by atoms with van der Waals surface area (Å²) in [7, 11) is 0. The fourth-order valence-electron chi connectivity index (χ4n) is 4.44. The van der Waals surface area contributed by atoms with E-state index in [4.69, 9.17) is 12.2 Å². The molecule has 3 aromatic heterocycles. The summed E-state index contributed by atoms with van der Waals surface area (Å²) in [4.78, 5) is 11.2.